The van der Waals surface area contributed by atoms with Gasteiger partial charge in [-0.3, -0.25) is 14.4 Å². The van der Waals surface area contributed by atoms with Crippen LogP contribution in [0, 0.1) is 0 Å². The zero-order chi connectivity index (χ0) is 17.8. The van der Waals surface area contributed by atoms with Crippen LogP contribution >= 0.6 is 22.7 Å². The molecule has 2 amide bonds. The first-order valence-corrected chi connectivity index (χ1v) is 10.0. The van der Waals surface area contributed by atoms with Crippen molar-refractivity contribution in [3.05, 3.63) is 44.3 Å². The number of hydrogen-bond acceptors (Lipinski definition) is 5. The Morgan fingerprint density at radius 1 is 1.08 bits per heavy atom. The molecule has 0 bridgehead atoms. The molecule has 0 radical (unpaired) electrons. The summed E-state index contributed by atoms with van der Waals surface area (Å²) < 4.78 is 0. The van der Waals surface area contributed by atoms with Gasteiger partial charge in [0, 0.05) is 31.6 Å². The van der Waals surface area contributed by atoms with Crippen LogP contribution in [-0.4, -0.2) is 53.6 Å². The third kappa shape index (κ3) is 4.35. The van der Waals surface area contributed by atoms with Crippen LogP contribution in [-0.2, 0) is 11.2 Å². The highest BCUT2D eigenvalue weighted by atomic mass is 32.1. The lowest BCUT2D eigenvalue weighted by atomic mass is 10.2. The SMILES string of the molecule is CC(=O)c1cc(C(=O)N2CCCN(C(=O)Cc3ccsc3)CC2)cs1. The topological polar surface area (TPSA) is 57.7 Å². The molecule has 0 aromatic carbocycles. The summed E-state index contributed by atoms with van der Waals surface area (Å²) in [4.78, 5) is 40.7. The lowest BCUT2D eigenvalue weighted by Crippen LogP contribution is -2.37. The van der Waals surface area contributed by atoms with E-state index in [1.807, 2.05) is 21.7 Å². The molecule has 0 atom stereocenters. The lowest BCUT2D eigenvalue weighted by Gasteiger charge is -2.22. The van der Waals surface area contributed by atoms with Crippen molar-refractivity contribution in [1.29, 1.82) is 0 Å². The highest BCUT2D eigenvalue weighted by Gasteiger charge is 2.23. The minimum absolute atomic E-state index is 0.0230. The van der Waals surface area contributed by atoms with Gasteiger partial charge in [-0.1, -0.05) is 0 Å². The molecule has 1 fully saturated rings. The minimum Gasteiger partial charge on any atom is -0.341 e. The maximum atomic E-state index is 12.6. The molecular formula is C18H20N2O3S2. The molecule has 3 rings (SSSR count). The fraction of sp³-hybridized carbons (Fsp3) is 0.389. The molecule has 0 aliphatic carbocycles. The van der Waals surface area contributed by atoms with Crippen LogP contribution in [0.15, 0.2) is 28.3 Å². The number of rotatable bonds is 4. The predicted octanol–water partition coefficient (Wildman–Crippen LogP) is 2.93. The maximum Gasteiger partial charge on any atom is 0.254 e. The number of thiophene rings is 2. The van der Waals surface area contributed by atoms with E-state index < -0.39 is 0 Å². The van der Waals surface area contributed by atoms with E-state index in [1.54, 1.807) is 27.7 Å². The van der Waals surface area contributed by atoms with E-state index in [1.165, 1.54) is 18.3 Å². The van der Waals surface area contributed by atoms with E-state index in [-0.39, 0.29) is 17.6 Å². The minimum atomic E-state index is -0.0594. The van der Waals surface area contributed by atoms with Gasteiger partial charge < -0.3 is 9.80 Å². The molecule has 132 valence electrons. The quantitative estimate of drug-likeness (QED) is 0.771. The summed E-state index contributed by atoms with van der Waals surface area (Å²) in [6, 6.07) is 3.64. The van der Waals surface area contributed by atoms with Crippen molar-refractivity contribution < 1.29 is 14.4 Å². The van der Waals surface area contributed by atoms with Crippen LogP contribution in [0.3, 0.4) is 0 Å². The Morgan fingerprint density at radius 3 is 2.52 bits per heavy atom. The van der Waals surface area contributed by atoms with Crippen LogP contribution < -0.4 is 0 Å². The van der Waals surface area contributed by atoms with Crippen LogP contribution in [0.2, 0.25) is 0 Å². The van der Waals surface area contributed by atoms with Crippen LogP contribution in [0.25, 0.3) is 0 Å². The molecule has 7 heteroatoms. The molecule has 0 spiro atoms. The summed E-state index contributed by atoms with van der Waals surface area (Å²) in [7, 11) is 0. The van der Waals surface area contributed by atoms with Gasteiger partial charge in [0.05, 0.1) is 16.9 Å². The number of Topliss-reactive ketones (excluding diaryl/α,β-unsaturated/α-hetero) is 1. The zero-order valence-electron chi connectivity index (χ0n) is 14.1. The average Bonchev–Trinajstić information content (AvgIpc) is 3.21. The van der Waals surface area contributed by atoms with Crippen LogP contribution in [0.1, 0.15) is 38.9 Å². The first kappa shape index (κ1) is 17.8. The van der Waals surface area contributed by atoms with E-state index in [4.69, 9.17) is 0 Å². The smallest absolute Gasteiger partial charge is 0.254 e. The first-order chi connectivity index (χ1) is 12.0. The van der Waals surface area contributed by atoms with Gasteiger partial charge in [-0.2, -0.15) is 11.3 Å². The van der Waals surface area contributed by atoms with Gasteiger partial charge in [0.25, 0.3) is 5.91 Å². The average molecular weight is 377 g/mol. The highest BCUT2D eigenvalue weighted by molar-refractivity contribution is 7.12. The maximum absolute atomic E-state index is 12.6. The van der Waals surface area contributed by atoms with Gasteiger partial charge in [-0.05, 0) is 41.8 Å². The molecule has 1 saturated heterocycles. The number of hydrogen-bond donors (Lipinski definition) is 0. The van der Waals surface area contributed by atoms with Crippen molar-refractivity contribution >= 4 is 40.3 Å². The van der Waals surface area contributed by atoms with Gasteiger partial charge in [0.15, 0.2) is 5.78 Å². The van der Waals surface area contributed by atoms with Crippen molar-refractivity contribution in [2.75, 3.05) is 26.2 Å². The summed E-state index contributed by atoms with van der Waals surface area (Å²) >= 11 is 2.89. The number of nitrogens with zero attached hydrogens (tertiary/aromatic N) is 2. The molecule has 2 aromatic rings. The van der Waals surface area contributed by atoms with E-state index >= 15 is 0 Å². The van der Waals surface area contributed by atoms with Crippen molar-refractivity contribution in [1.82, 2.24) is 9.80 Å². The molecule has 0 N–H and O–H groups in total. The predicted molar refractivity (Wildman–Crippen MR) is 99.4 cm³/mol. The number of carbonyl (C=O) groups is 3. The Bertz CT molecular complexity index is 767. The monoisotopic (exact) mass is 376 g/mol. The molecule has 2 aromatic heterocycles. The van der Waals surface area contributed by atoms with Crippen molar-refractivity contribution in [3.63, 3.8) is 0 Å². The third-order valence-electron chi connectivity index (χ3n) is 4.26. The van der Waals surface area contributed by atoms with Crippen molar-refractivity contribution in [2.24, 2.45) is 0 Å². The first-order valence-electron chi connectivity index (χ1n) is 8.22. The normalized spacial score (nSPS) is 15.1. The fourth-order valence-electron chi connectivity index (χ4n) is 2.87. The Kier molecular flexibility index (Phi) is 5.65. The van der Waals surface area contributed by atoms with Crippen LogP contribution in [0.5, 0.6) is 0 Å². The second-order valence-electron chi connectivity index (χ2n) is 6.09. The van der Waals surface area contributed by atoms with Crippen molar-refractivity contribution in [2.45, 2.75) is 19.8 Å². The van der Waals surface area contributed by atoms with E-state index in [0.29, 0.717) is 43.0 Å². The van der Waals surface area contributed by atoms with E-state index in [2.05, 4.69) is 0 Å². The lowest BCUT2D eigenvalue weighted by molar-refractivity contribution is -0.130. The molecule has 25 heavy (non-hydrogen) atoms. The van der Waals surface area contributed by atoms with E-state index in [9.17, 15) is 14.4 Å². The Balaban J connectivity index is 1.59. The largest absolute Gasteiger partial charge is 0.341 e. The molecule has 5 nitrogen and oxygen atoms in total. The summed E-state index contributed by atoms with van der Waals surface area (Å²) in [5, 5.41) is 5.71. The van der Waals surface area contributed by atoms with Gasteiger partial charge >= 0.3 is 0 Å². The molecule has 3 heterocycles. The number of amides is 2. The van der Waals surface area contributed by atoms with E-state index in [0.717, 1.165) is 12.0 Å². The standard InChI is InChI=1S/C18H20N2O3S2/c1-13(21)16-10-15(12-25-16)18(23)20-5-2-4-19(6-7-20)17(22)9-14-3-8-24-11-14/h3,8,10-12H,2,4-7,9H2,1H3. The third-order valence-corrected chi connectivity index (χ3v) is 6.03. The molecule has 1 aliphatic rings. The Hall–Kier alpha value is -1.99. The van der Waals surface area contributed by atoms with Gasteiger partial charge in [0.2, 0.25) is 5.91 Å². The zero-order valence-corrected chi connectivity index (χ0v) is 15.7. The van der Waals surface area contributed by atoms with Gasteiger partial charge in [-0.15, -0.1) is 11.3 Å². The van der Waals surface area contributed by atoms with Crippen LogP contribution in [0.4, 0.5) is 0 Å². The summed E-state index contributed by atoms with van der Waals surface area (Å²) in [6.07, 6.45) is 1.19. The summed E-state index contributed by atoms with van der Waals surface area (Å²) in [5.74, 6) is 0.0306. The molecular weight excluding hydrogens is 356 g/mol. The molecule has 0 unspecified atom stereocenters. The second kappa shape index (κ2) is 7.93. The number of carbonyl (C=O) groups excluding carboxylic acids is 3. The van der Waals surface area contributed by atoms with Crippen molar-refractivity contribution in [3.8, 4) is 0 Å². The second-order valence-corrected chi connectivity index (χ2v) is 7.78. The van der Waals surface area contributed by atoms with Gasteiger partial charge in [-0.25, -0.2) is 0 Å². The molecule has 0 saturated carbocycles. The number of ketones is 1. The molecule has 1 aliphatic heterocycles. The Morgan fingerprint density at radius 2 is 1.84 bits per heavy atom. The Labute approximate surface area is 154 Å². The summed E-state index contributed by atoms with van der Waals surface area (Å²) in [5.41, 5.74) is 1.61. The highest BCUT2D eigenvalue weighted by Crippen LogP contribution is 2.18. The summed E-state index contributed by atoms with van der Waals surface area (Å²) in [6.45, 7) is 3.89. The van der Waals surface area contributed by atoms with Gasteiger partial charge in [0.1, 0.15) is 0 Å². The fourth-order valence-corrected chi connectivity index (χ4v) is 4.32.